The molecule has 0 N–H and O–H groups in total. The van der Waals surface area contributed by atoms with E-state index in [9.17, 15) is 9.18 Å². The molecule has 0 unspecified atom stereocenters. The van der Waals surface area contributed by atoms with Crippen LogP contribution in [0.1, 0.15) is 79.3 Å². The monoisotopic (exact) mass is 448 g/mol. The number of piperidine rings is 1. The van der Waals surface area contributed by atoms with Crippen molar-refractivity contribution in [3.05, 3.63) is 71.0 Å². The molecule has 4 heteroatoms. The van der Waals surface area contributed by atoms with Crippen LogP contribution in [0.15, 0.2) is 53.5 Å². The minimum Gasteiger partial charge on any atom is -0.339 e. The van der Waals surface area contributed by atoms with Gasteiger partial charge < -0.3 is 4.90 Å². The summed E-state index contributed by atoms with van der Waals surface area (Å²) < 4.78 is 13.5. The largest absolute Gasteiger partial charge is 0.339 e. The van der Waals surface area contributed by atoms with E-state index in [1.807, 2.05) is 4.90 Å². The number of aliphatic imine (C=N–C) groups is 1. The predicted octanol–water partition coefficient (Wildman–Crippen LogP) is 6.74. The maximum Gasteiger partial charge on any atom is 0.254 e. The molecule has 1 aliphatic carbocycles. The van der Waals surface area contributed by atoms with Gasteiger partial charge in [-0.25, -0.2) is 4.39 Å². The Bertz CT molecular complexity index is 943. The number of benzene rings is 2. The fraction of sp³-hybridized carbons (Fsp3) is 0.517. The summed E-state index contributed by atoms with van der Waals surface area (Å²) in [7, 11) is 0. The Labute approximate surface area is 198 Å². The first kappa shape index (κ1) is 23.7. The predicted molar refractivity (Wildman–Crippen MR) is 134 cm³/mol. The van der Waals surface area contributed by atoms with Crippen molar-refractivity contribution < 1.29 is 9.18 Å². The number of hydrogen-bond acceptors (Lipinski definition) is 2. The summed E-state index contributed by atoms with van der Waals surface area (Å²) in [4.78, 5) is 19.8. The third kappa shape index (κ3) is 5.90. The number of aryl methyl sites for hydroxylation is 1. The minimum atomic E-state index is -0.297. The summed E-state index contributed by atoms with van der Waals surface area (Å²) in [5, 5.41) is 0. The van der Waals surface area contributed by atoms with Gasteiger partial charge in [0.1, 0.15) is 5.82 Å². The number of likely N-dealkylation sites (tertiary alicyclic amines) is 1. The van der Waals surface area contributed by atoms with Gasteiger partial charge >= 0.3 is 0 Å². The van der Waals surface area contributed by atoms with Crippen LogP contribution < -0.4 is 0 Å². The molecule has 3 nitrogen and oxygen atoms in total. The smallest absolute Gasteiger partial charge is 0.254 e. The second-order valence-electron chi connectivity index (χ2n) is 9.96. The van der Waals surface area contributed by atoms with Crippen molar-refractivity contribution in [2.24, 2.45) is 10.9 Å². The van der Waals surface area contributed by atoms with E-state index in [0.717, 1.165) is 51.2 Å². The van der Waals surface area contributed by atoms with Crippen LogP contribution in [0.5, 0.6) is 0 Å². The molecule has 0 atom stereocenters. The third-order valence-corrected chi connectivity index (χ3v) is 7.83. The SMILES string of the molecule is Cc1cc(F)ccc1C(=O)N1CCC(CCN=CCCCC2CCC2)(c2ccccc2)CC1. The molecule has 176 valence electrons. The average molecular weight is 449 g/mol. The first-order chi connectivity index (χ1) is 16.1. The normalized spacial score (nSPS) is 18.4. The van der Waals surface area contributed by atoms with Crippen LogP contribution in [0.3, 0.4) is 0 Å². The molecule has 1 amide bonds. The van der Waals surface area contributed by atoms with Crippen molar-refractivity contribution in [3.63, 3.8) is 0 Å². The van der Waals surface area contributed by atoms with Crippen LogP contribution in [0.4, 0.5) is 4.39 Å². The standard InChI is InChI=1S/C29H37FN2O/c1-23-22-26(30)13-14-27(23)28(33)32-20-16-29(17-21-32,25-11-3-2-4-12-25)15-19-31-18-6-5-8-24-9-7-10-24/h2-4,11-14,18,22,24H,5-10,15-17,19-21H2,1H3. The number of amides is 1. The van der Waals surface area contributed by atoms with E-state index in [1.165, 1.54) is 49.8 Å². The minimum absolute atomic E-state index is 0.0126. The van der Waals surface area contributed by atoms with Gasteiger partial charge in [-0.1, -0.05) is 56.0 Å². The maximum atomic E-state index is 13.5. The topological polar surface area (TPSA) is 32.7 Å². The van der Waals surface area contributed by atoms with Crippen molar-refractivity contribution in [1.82, 2.24) is 4.90 Å². The first-order valence-corrected chi connectivity index (χ1v) is 12.7. The van der Waals surface area contributed by atoms with Crippen molar-refractivity contribution in [3.8, 4) is 0 Å². The molecule has 1 saturated carbocycles. The van der Waals surface area contributed by atoms with Gasteiger partial charge in [0.05, 0.1) is 0 Å². The lowest BCUT2D eigenvalue weighted by Gasteiger charge is -2.42. The maximum absolute atomic E-state index is 13.5. The fourth-order valence-corrected chi connectivity index (χ4v) is 5.39. The summed E-state index contributed by atoms with van der Waals surface area (Å²) >= 11 is 0. The highest BCUT2D eigenvalue weighted by atomic mass is 19.1. The number of halogens is 1. The lowest BCUT2D eigenvalue weighted by Crippen LogP contribution is -2.45. The van der Waals surface area contributed by atoms with Crippen LogP contribution >= 0.6 is 0 Å². The molecule has 2 aromatic carbocycles. The number of carbonyl (C=O) groups is 1. The summed E-state index contributed by atoms with van der Waals surface area (Å²) in [5.74, 6) is 0.694. The van der Waals surface area contributed by atoms with Crippen molar-refractivity contribution in [1.29, 1.82) is 0 Å². The lowest BCUT2D eigenvalue weighted by molar-refractivity contribution is 0.0660. The van der Waals surface area contributed by atoms with Crippen molar-refractivity contribution >= 4 is 12.1 Å². The van der Waals surface area contributed by atoms with Crippen LogP contribution in [0, 0.1) is 18.7 Å². The number of rotatable bonds is 9. The number of unbranched alkanes of at least 4 members (excludes halogenated alkanes) is 1. The van der Waals surface area contributed by atoms with E-state index in [1.54, 1.807) is 13.0 Å². The van der Waals surface area contributed by atoms with Crippen LogP contribution in [0.25, 0.3) is 0 Å². The molecule has 33 heavy (non-hydrogen) atoms. The van der Waals surface area contributed by atoms with E-state index in [-0.39, 0.29) is 17.1 Å². The van der Waals surface area contributed by atoms with Crippen LogP contribution in [-0.2, 0) is 5.41 Å². The number of nitrogens with zero attached hydrogens (tertiary/aromatic N) is 2. The highest BCUT2D eigenvalue weighted by Crippen LogP contribution is 2.39. The van der Waals surface area contributed by atoms with E-state index in [4.69, 9.17) is 4.99 Å². The zero-order valence-electron chi connectivity index (χ0n) is 19.9. The Morgan fingerprint density at radius 1 is 1.15 bits per heavy atom. The Balaban J connectivity index is 1.35. The molecule has 4 rings (SSSR count). The van der Waals surface area contributed by atoms with E-state index in [2.05, 4.69) is 36.5 Å². The van der Waals surface area contributed by atoms with Gasteiger partial charge in [-0.05, 0) is 80.5 Å². The van der Waals surface area contributed by atoms with Crippen LogP contribution in [0.2, 0.25) is 0 Å². The molecule has 2 aliphatic rings. The summed E-state index contributed by atoms with van der Waals surface area (Å²) in [5.41, 5.74) is 2.72. The van der Waals surface area contributed by atoms with E-state index < -0.39 is 0 Å². The van der Waals surface area contributed by atoms with E-state index in [0.29, 0.717) is 11.1 Å². The second-order valence-corrected chi connectivity index (χ2v) is 9.96. The Hall–Kier alpha value is -2.49. The Morgan fingerprint density at radius 2 is 1.91 bits per heavy atom. The summed E-state index contributed by atoms with van der Waals surface area (Å²) in [6.07, 6.45) is 13.0. The van der Waals surface area contributed by atoms with Gasteiger partial charge in [0.2, 0.25) is 0 Å². The second kappa shape index (κ2) is 11.1. The lowest BCUT2D eigenvalue weighted by atomic mass is 9.70. The molecule has 0 bridgehead atoms. The fourth-order valence-electron chi connectivity index (χ4n) is 5.39. The molecule has 0 radical (unpaired) electrons. The summed E-state index contributed by atoms with van der Waals surface area (Å²) in [6.45, 7) is 4.08. The highest BCUT2D eigenvalue weighted by Gasteiger charge is 2.37. The van der Waals surface area contributed by atoms with Gasteiger partial charge in [-0.3, -0.25) is 9.79 Å². The molecule has 0 spiro atoms. The number of hydrogen-bond donors (Lipinski definition) is 0. The molecular formula is C29H37FN2O. The molecule has 2 fully saturated rings. The number of carbonyl (C=O) groups excluding carboxylic acids is 1. The first-order valence-electron chi connectivity index (χ1n) is 12.7. The van der Waals surface area contributed by atoms with Gasteiger partial charge in [-0.15, -0.1) is 0 Å². The Morgan fingerprint density at radius 3 is 2.58 bits per heavy atom. The van der Waals surface area contributed by atoms with Gasteiger partial charge in [0.25, 0.3) is 5.91 Å². The highest BCUT2D eigenvalue weighted by molar-refractivity contribution is 5.95. The van der Waals surface area contributed by atoms with Crippen molar-refractivity contribution in [2.75, 3.05) is 19.6 Å². The zero-order chi connectivity index (χ0) is 23.1. The quantitative estimate of drug-likeness (QED) is 0.309. The third-order valence-electron chi connectivity index (χ3n) is 7.83. The molecular weight excluding hydrogens is 411 g/mol. The molecule has 1 saturated heterocycles. The molecule has 1 heterocycles. The molecule has 2 aromatic rings. The van der Waals surface area contributed by atoms with Gasteiger partial charge in [0.15, 0.2) is 0 Å². The Kier molecular flexibility index (Phi) is 7.95. The zero-order valence-corrected chi connectivity index (χ0v) is 19.9. The average Bonchev–Trinajstić information content (AvgIpc) is 2.80. The van der Waals surface area contributed by atoms with Gasteiger partial charge in [-0.2, -0.15) is 0 Å². The van der Waals surface area contributed by atoms with Crippen LogP contribution in [-0.4, -0.2) is 36.7 Å². The van der Waals surface area contributed by atoms with Gasteiger partial charge in [0, 0.05) is 30.6 Å². The van der Waals surface area contributed by atoms with Crippen molar-refractivity contribution in [2.45, 2.75) is 70.1 Å². The molecule has 0 aromatic heterocycles. The van der Waals surface area contributed by atoms with E-state index >= 15 is 0 Å². The molecule has 1 aliphatic heterocycles. The summed E-state index contributed by atoms with van der Waals surface area (Å²) in [6, 6.07) is 15.2.